The lowest BCUT2D eigenvalue weighted by molar-refractivity contribution is 0.391. The fourth-order valence-electron chi connectivity index (χ4n) is 2.38. The molecule has 130 valence electrons. The summed E-state index contributed by atoms with van der Waals surface area (Å²) in [6.07, 6.45) is 0. The molecule has 2 aromatic heterocycles. The van der Waals surface area contributed by atoms with Gasteiger partial charge in [0.05, 0.1) is 11.4 Å². The van der Waals surface area contributed by atoms with E-state index in [1.807, 2.05) is 31.2 Å². The van der Waals surface area contributed by atoms with Crippen LogP contribution in [-0.2, 0) is 5.75 Å². The van der Waals surface area contributed by atoms with E-state index in [9.17, 15) is 4.39 Å². The maximum Gasteiger partial charge on any atom is 0.237 e. The molecule has 0 radical (unpaired) electrons. The smallest absolute Gasteiger partial charge is 0.237 e. The van der Waals surface area contributed by atoms with Crippen molar-refractivity contribution in [1.82, 2.24) is 30.3 Å². The Morgan fingerprint density at radius 1 is 1.12 bits per heavy atom. The number of hydrogen-bond acceptors (Lipinski definition) is 7. The summed E-state index contributed by atoms with van der Waals surface area (Å²) in [4.78, 5) is 4.33. The highest BCUT2D eigenvalue weighted by Crippen LogP contribution is 2.24. The van der Waals surface area contributed by atoms with Crippen LogP contribution in [0.25, 0.3) is 17.1 Å². The molecule has 0 bridgehead atoms. The van der Waals surface area contributed by atoms with Crippen LogP contribution in [0.4, 0.5) is 4.39 Å². The molecule has 0 fully saturated rings. The van der Waals surface area contributed by atoms with Gasteiger partial charge in [-0.25, -0.2) is 4.39 Å². The van der Waals surface area contributed by atoms with E-state index in [0.717, 1.165) is 11.3 Å². The minimum atomic E-state index is -0.309. The summed E-state index contributed by atoms with van der Waals surface area (Å²) in [5.74, 6) is 0.962. The summed E-state index contributed by atoms with van der Waals surface area (Å²) in [5.41, 5.74) is 2.67. The third kappa shape index (κ3) is 3.33. The Balaban J connectivity index is 1.50. The van der Waals surface area contributed by atoms with E-state index in [4.69, 9.17) is 4.52 Å². The van der Waals surface area contributed by atoms with Gasteiger partial charge in [0.2, 0.25) is 16.9 Å². The van der Waals surface area contributed by atoms with Gasteiger partial charge in [-0.05, 0) is 53.2 Å². The molecule has 0 saturated carbocycles. The van der Waals surface area contributed by atoms with Gasteiger partial charge in [0, 0.05) is 5.56 Å². The molecule has 4 rings (SSSR count). The van der Waals surface area contributed by atoms with Crippen LogP contribution in [-0.4, -0.2) is 30.3 Å². The van der Waals surface area contributed by atoms with Crippen LogP contribution in [0.5, 0.6) is 0 Å². The van der Waals surface area contributed by atoms with Crippen LogP contribution in [0.3, 0.4) is 0 Å². The minimum Gasteiger partial charge on any atom is -0.338 e. The first-order chi connectivity index (χ1) is 12.7. The van der Waals surface area contributed by atoms with Crippen molar-refractivity contribution >= 4 is 11.8 Å². The molecule has 0 amide bonds. The molecular formula is C17H13FN6OS. The first kappa shape index (κ1) is 16.4. The second-order valence-electron chi connectivity index (χ2n) is 5.47. The van der Waals surface area contributed by atoms with Crippen molar-refractivity contribution < 1.29 is 8.91 Å². The molecule has 0 spiro atoms. The van der Waals surface area contributed by atoms with Crippen LogP contribution < -0.4 is 0 Å². The SMILES string of the molecule is Cc1ccccc1-n1nnnc1SCc1nc(-c2ccc(F)cc2)no1. The summed E-state index contributed by atoms with van der Waals surface area (Å²) < 4.78 is 19.9. The molecule has 0 unspecified atom stereocenters. The molecule has 4 aromatic rings. The van der Waals surface area contributed by atoms with Crippen molar-refractivity contribution in [1.29, 1.82) is 0 Å². The van der Waals surface area contributed by atoms with Crippen LogP contribution in [0, 0.1) is 12.7 Å². The fourth-order valence-corrected chi connectivity index (χ4v) is 3.10. The largest absolute Gasteiger partial charge is 0.338 e. The number of para-hydroxylation sites is 1. The van der Waals surface area contributed by atoms with Crippen LogP contribution in [0.15, 0.2) is 58.2 Å². The van der Waals surface area contributed by atoms with Gasteiger partial charge in [-0.2, -0.15) is 9.67 Å². The van der Waals surface area contributed by atoms with Gasteiger partial charge < -0.3 is 4.52 Å². The third-order valence-corrected chi connectivity index (χ3v) is 4.58. The quantitative estimate of drug-likeness (QED) is 0.499. The number of tetrazole rings is 1. The van der Waals surface area contributed by atoms with E-state index in [1.54, 1.807) is 16.8 Å². The van der Waals surface area contributed by atoms with Gasteiger partial charge in [-0.1, -0.05) is 35.1 Å². The van der Waals surface area contributed by atoms with Crippen molar-refractivity contribution in [2.75, 3.05) is 0 Å². The second kappa shape index (κ2) is 7.04. The van der Waals surface area contributed by atoms with Crippen LogP contribution >= 0.6 is 11.8 Å². The molecule has 0 atom stereocenters. The van der Waals surface area contributed by atoms with Gasteiger partial charge in [-0.15, -0.1) is 5.10 Å². The number of nitrogens with zero attached hydrogens (tertiary/aromatic N) is 6. The highest BCUT2D eigenvalue weighted by atomic mass is 32.2. The van der Waals surface area contributed by atoms with Crippen LogP contribution in [0.1, 0.15) is 11.5 Å². The number of hydrogen-bond donors (Lipinski definition) is 0. The molecule has 0 aliphatic rings. The number of thioether (sulfide) groups is 1. The molecule has 0 saturated heterocycles. The Hall–Kier alpha value is -3.07. The van der Waals surface area contributed by atoms with Gasteiger partial charge >= 0.3 is 0 Å². The predicted molar refractivity (Wildman–Crippen MR) is 93.1 cm³/mol. The highest BCUT2D eigenvalue weighted by Gasteiger charge is 2.14. The zero-order valence-corrected chi connectivity index (χ0v) is 14.5. The Kier molecular flexibility index (Phi) is 4.44. The topological polar surface area (TPSA) is 82.5 Å². The second-order valence-corrected chi connectivity index (χ2v) is 6.41. The van der Waals surface area contributed by atoms with Crippen molar-refractivity contribution in [3.63, 3.8) is 0 Å². The van der Waals surface area contributed by atoms with E-state index >= 15 is 0 Å². The molecule has 9 heteroatoms. The lowest BCUT2D eigenvalue weighted by Crippen LogP contribution is -2.01. The minimum absolute atomic E-state index is 0.309. The maximum absolute atomic E-state index is 13.0. The normalized spacial score (nSPS) is 11.0. The number of rotatable bonds is 5. The standard InChI is InChI=1S/C17H13FN6OS/c1-11-4-2-3-5-14(11)24-17(20-22-23-24)26-10-15-19-16(21-25-15)12-6-8-13(18)9-7-12/h2-9H,10H2,1H3. The first-order valence-corrected chi connectivity index (χ1v) is 8.75. The molecule has 2 aromatic carbocycles. The van der Waals surface area contributed by atoms with Crippen LogP contribution in [0.2, 0.25) is 0 Å². The molecule has 2 heterocycles. The van der Waals surface area contributed by atoms with Gasteiger partial charge in [0.15, 0.2) is 0 Å². The van der Waals surface area contributed by atoms with E-state index in [2.05, 4.69) is 25.7 Å². The zero-order valence-electron chi connectivity index (χ0n) is 13.7. The van der Waals surface area contributed by atoms with E-state index in [1.165, 1.54) is 23.9 Å². The van der Waals surface area contributed by atoms with Gasteiger partial charge in [0.1, 0.15) is 5.82 Å². The Bertz CT molecular complexity index is 1030. The summed E-state index contributed by atoms with van der Waals surface area (Å²) in [5, 5.41) is 16.4. The zero-order chi connectivity index (χ0) is 17.9. The molecular weight excluding hydrogens is 355 g/mol. The first-order valence-electron chi connectivity index (χ1n) is 7.76. The molecule has 26 heavy (non-hydrogen) atoms. The predicted octanol–water partition coefficient (Wildman–Crippen LogP) is 3.45. The Morgan fingerprint density at radius 3 is 2.73 bits per heavy atom. The van der Waals surface area contributed by atoms with Gasteiger partial charge in [0.25, 0.3) is 0 Å². The summed E-state index contributed by atoms with van der Waals surface area (Å²) in [6, 6.07) is 13.8. The van der Waals surface area contributed by atoms with Crippen molar-refractivity contribution in [2.45, 2.75) is 17.8 Å². The average Bonchev–Trinajstić information content (AvgIpc) is 3.30. The molecule has 0 N–H and O–H groups in total. The van der Waals surface area contributed by atoms with Crippen molar-refractivity contribution in [3.8, 4) is 17.1 Å². The number of benzene rings is 2. The third-order valence-electron chi connectivity index (χ3n) is 3.68. The Labute approximate surface area is 152 Å². The number of halogens is 1. The monoisotopic (exact) mass is 368 g/mol. The number of aryl methyl sites for hydroxylation is 1. The maximum atomic E-state index is 13.0. The van der Waals surface area contributed by atoms with E-state index in [-0.39, 0.29) is 5.82 Å². The summed E-state index contributed by atoms with van der Waals surface area (Å²) in [7, 11) is 0. The molecule has 0 aliphatic heterocycles. The molecule has 7 nitrogen and oxygen atoms in total. The van der Waals surface area contributed by atoms with E-state index < -0.39 is 0 Å². The number of aromatic nitrogens is 6. The average molecular weight is 368 g/mol. The highest BCUT2D eigenvalue weighted by molar-refractivity contribution is 7.98. The summed E-state index contributed by atoms with van der Waals surface area (Å²) >= 11 is 1.39. The van der Waals surface area contributed by atoms with E-state index in [0.29, 0.717) is 28.2 Å². The molecule has 0 aliphatic carbocycles. The fraction of sp³-hybridized carbons (Fsp3) is 0.118. The lowest BCUT2D eigenvalue weighted by atomic mass is 10.2. The van der Waals surface area contributed by atoms with Crippen molar-refractivity contribution in [3.05, 3.63) is 65.8 Å². The summed E-state index contributed by atoms with van der Waals surface area (Å²) in [6.45, 7) is 2.00. The van der Waals surface area contributed by atoms with Crippen molar-refractivity contribution in [2.24, 2.45) is 0 Å². The lowest BCUT2D eigenvalue weighted by Gasteiger charge is -2.05. The van der Waals surface area contributed by atoms with Gasteiger partial charge in [-0.3, -0.25) is 0 Å². The Morgan fingerprint density at radius 2 is 1.92 bits per heavy atom.